The Bertz CT molecular complexity index is 701. The van der Waals surface area contributed by atoms with E-state index in [9.17, 15) is 0 Å². The number of likely N-dealkylation sites (N-methyl/N-ethyl adjacent to an activating group) is 1. The summed E-state index contributed by atoms with van der Waals surface area (Å²) in [6.45, 7) is 5.54. The number of benzene rings is 1. The Kier molecular flexibility index (Phi) is 4.31. The molecule has 4 rings (SSSR count). The van der Waals surface area contributed by atoms with Gasteiger partial charge in [-0.2, -0.15) is 5.10 Å². The second-order valence-corrected chi connectivity index (χ2v) is 7.45. The van der Waals surface area contributed by atoms with Crippen LogP contribution in [0.5, 0.6) is 0 Å². The molecule has 4 nitrogen and oxygen atoms in total. The van der Waals surface area contributed by atoms with Crippen LogP contribution >= 0.6 is 0 Å². The van der Waals surface area contributed by atoms with E-state index in [1.807, 2.05) is 0 Å². The Morgan fingerprint density at radius 1 is 1.12 bits per heavy atom. The summed E-state index contributed by atoms with van der Waals surface area (Å²) in [5, 5.41) is 8.78. The van der Waals surface area contributed by atoms with Crippen molar-refractivity contribution >= 4 is 5.82 Å². The minimum Gasteiger partial charge on any atom is -0.370 e. The van der Waals surface area contributed by atoms with Crippen LogP contribution in [0.2, 0.25) is 0 Å². The molecule has 1 fully saturated rings. The molecule has 3 heterocycles. The Balaban J connectivity index is 1.78. The number of likely N-dealkylation sites (tertiary alicyclic amines) is 1. The summed E-state index contributed by atoms with van der Waals surface area (Å²) < 4.78 is 2.16. The molecule has 2 aliphatic rings. The van der Waals surface area contributed by atoms with Gasteiger partial charge in [-0.15, -0.1) is 0 Å². The SMILES string of the molecule is Cc1ccc(-n2nc(C3CCCN(C)C3)c3c2NCCCC3)cc1. The van der Waals surface area contributed by atoms with E-state index in [4.69, 9.17) is 5.10 Å². The smallest absolute Gasteiger partial charge is 0.133 e. The number of anilines is 1. The molecule has 0 radical (unpaired) electrons. The van der Waals surface area contributed by atoms with Gasteiger partial charge in [-0.05, 0) is 64.8 Å². The minimum atomic E-state index is 0.573. The molecular weight excluding hydrogens is 296 g/mol. The topological polar surface area (TPSA) is 33.1 Å². The van der Waals surface area contributed by atoms with Crippen LogP contribution in [0.3, 0.4) is 0 Å². The Hall–Kier alpha value is -1.81. The van der Waals surface area contributed by atoms with Gasteiger partial charge in [0.1, 0.15) is 5.82 Å². The summed E-state index contributed by atoms with van der Waals surface area (Å²) in [5.41, 5.74) is 5.26. The molecule has 128 valence electrons. The van der Waals surface area contributed by atoms with Gasteiger partial charge >= 0.3 is 0 Å². The van der Waals surface area contributed by atoms with E-state index in [1.165, 1.54) is 60.6 Å². The van der Waals surface area contributed by atoms with Crippen LogP contribution in [0.4, 0.5) is 5.82 Å². The largest absolute Gasteiger partial charge is 0.370 e. The number of fused-ring (bicyclic) bond motifs is 1. The van der Waals surface area contributed by atoms with Crippen molar-refractivity contribution in [2.24, 2.45) is 0 Å². The first kappa shape index (κ1) is 15.7. The highest BCUT2D eigenvalue weighted by atomic mass is 15.3. The van der Waals surface area contributed by atoms with Crippen molar-refractivity contribution in [1.29, 1.82) is 0 Å². The van der Waals surface area contributed by atoms with E-state index in [-0.39, 0.29) is 0 Å². The number of hydrogen-bond donors (Lipinski definition) is 1. The van der Waals surface area contributed by atoms with Crippen molar-refractivity contribution in [3.05, 3.63) is 41.1 Å². The van der Waals surface area contributed by atoms with Gasteiger partial charge < -0.3 is 10.2 Å². The summed E-state index contributed by atoms with van der Waals surface area (Å²) in [4.78, 5) is 2.45. The Morgan fingerprint density at radius 3 is 2.75 bits per heavy atom. The first-order chi connectivity index (χ1) is 11.7. The van der Waals surface area contributed by atoms with Crippen molar-refractivity contribution < 1.29 is 0 Å². The molecule has 1 aromatic carbocycles. The maximum Gasteiger partial charge on any atom is 0.133 e. The van der Waals surface area contributed by atoms with Gasteiger partial charge in [0.25, 0.3) is 0 Å². The van der Waals surface area contributed by atoms with E-state index in [0.717, 1.165) is 19.5 Å². The number of nitrogens with one attached hydrogen (secondary N) is 1. The van der Waals surface area contributed by atoms with Crippen molar-refractivity contribution in [3.8, 4) is 5.69 Å². The Labute approximate surface area is 144 Å². The predicted octanol–water partition coefficient (Wildman–Crippen LogP) is 3.74. The zero-order chi connectivity index (χ0) is 16.5. The molecule has 0 spiro atoms. The fraction of sp³-hybridized carbons (Fsp3) is 0.550. The zero-order valence-corrected chi connectivity index (χ0v) is 14.9. The van der Waals surface area contributed by atoms with Gasteiger partial charge in [-0.1, -0.05) is 17.7 Å². The van der Waals surface area contributed by atoms with Crippen molar-refractivity contribution in [3.63, 3.8) is 0 Å². The molecule has 0 aliphatic carbocycles. The molecule has 0 bridgehead atoms. The van der Waals surface area contributed by atoms with Crippen LogP contribution < -0.4 is 5.32 Å². The number of hydrogen-bond acceptors (Lipinski definition) is 3. The third-order valence-corrected chi connectivity index (χ3v) is 5.45. The third kappa shape index (κ3) is 2.95. The minimum absolute atomic E-state index is 0.573. The maximum atomic E-state index is 5.12. The van der Waals surface area contributed by atoms with Crippen molar-refractivity contribution in [2.75, 3.05) is 32.0 Å². The molecule has 4 heteroatoms. The molecule has 0 amide bonds. The van der Waals surface area contributed by atoms with Crippen LogP contribution in [-0.2, 0) is 6.42 Å². The van der Waals surface area contributed by atoms with E-state index in [2.05, 4.69) is 53.1 Å². The van der Waals surface area contributed by atoms with Crippen molar-refractivity contribution in [2.45, 2.75) is 44.9 Å². The first-order valence-electron chi connectivity index (χ1n) is 9.33. The monoisotopic (exact) mass is 324 g/mol. The lowest BCUT2D eigenvalue weighted by Crippen LogP contribution is -2.31. The Morgan fingerprint density at radius 2 is 1.96 bits per heavy atom. The fourth-order valence-electron chi connectivity index (χ4n) is 4.12. The highest BCUT2D eigenvalue weighted by molar-refractivity contribution is 5.55. The van der Waals surface area contributed by atoms with E-state index < -0.39 is 0 Å². The average Bonchev–Trinajstić information content (AvgIpc) is 2.77. The number of rotatable bonds is 2. The second-order valence-electron chi connectivity index (χ2n) is 7.45. The molecule has 2 aliphatic heterocycles. The third-order valence-electron chi connectivity index (χ3n) is 5.45. The van der Waals surface area contributed by atoms with E-state index >= 15 is 0 Å². The molecule has 24 heavy (non-hydrogen) atoms. The number of nitrogens with zero attached hydrogens (tertiary/aromatic N) is 3. The fourth-order valence-corrected chi connectivity index (χ4v) is 4.12. The van der Waals surface area contributed by atoms with Crippen LogP contribution in [0.15, 0.2) is 24.3 Å². The molecule has 1 atom stereocenters. The molecule has 1 saturated heterocycles. The summed E-state index contributed by atoms with van der Waals surface area (Å²) in [5.74, 6) is 1.81. The standard InChI is InChI=1S/C20H28N4/c1-15-8-10-17(11-9-15)24-20-18(7-3-4-12-21-20)19(22-24)16-6-5-13-23(2)14-16/h8-11,16,21H,3-7,12-14H2,1-2H3. The summed E-state index contributed by atoms with van der Waals surface area (Å²) in [6.07, 6.45) is 6.20. The van der Waals surface area contributed by atoms with Gasteiger partial charge in [0.15, 0.2) is 0 Å². The summed E-state index contributed by atoms with van der Waals surface area (Å²) in [7, 11) is 2.24. The number of aryl methyl sites for hydroxylation is 1. The van der Waals surface area contributed by atoms with Gasteiger partial charge in [-0.25, -0.2) is 4.68 Å². The van der Waals surface area contributed by atoms with Gasteiger partial charge in [0, 0.05) is 24.6 Å². The highest BCUT2D eigenvalue weighted by Gasteiger charge is 2.28. The highest BCUT2D eigenvalue weighted by Crippen LogP contribution is 2.35. The molecule has 2 aromatic rings. The van der Waals surface area contributed by atoms with Gasteiger partial charge in [-0.3, -0.25) is 0 Å². The molecular formula is C20H28N4. The van der Waals surface area contributed by atoms with Crippen LogP contribution in [-0.4, -0.2) is 41.4 Å². The quantitative estimate of drug-likeness (QED) is 0.913. The molecule has 1 aromatic heterocycles. The first-order valence-corrected chi connectivity index (χ1v) is 9.33. The lowest BCUT2D eigenvalue weighted by Gasteiger charge is -2.29. The lowest BCUT2D eigenvalue weighted by molar-refractivity contribution is 0.247. The van der Waals surface area contributed by atoms with Gasteiger partial charge in [0.05, 0.1) is 11.4 Å². The van der Waals surface area contributed by atoms with E-state index in [1.54, 1.807) is 0 Å². The van der Waals surface area contributed by atoms with Crippen LogP contribution in [0.25, 0.3) is 5.69 Å². The zero-order valence-electron chi connectivity index (χ0n) is 14.9. The summed E-state index contributed by atoms with van der Waals surface area (Å²) >= 11 is 0. The normalized spacial score (nSPS) is 21.8. The van der Waals surface area contributed by atoms with Gasteiger partial charge in [0.2, 0.25) is 0 Å². The van der Waals surface area contributed by atoms with Crippen LogP contribution in [0, 0.1) is 6.92 Å². The number of piperidine rings is 1. The average molecular weight is 324 g/mol. The maximum absolute atomic E-state index is 5.12. The predicted molar refractivity (Wildman–Crippen MR) is 99.2 cm³/mol. The number of aromatic nitrogens is 2. The molecule has 1 unspecified atom stereocenters. The second kappa shape index (κ2) is 6.60. The molecule has 1 N–H and O–H groups in total. The molecule has 0 saturated carbocycles. The van der Waals surface area contributed by atoms with Crippen molar-refractivity contribution in [1.82, 2.24) is 14.7 Å². The summed E-state index contributed by atoms with van der Waals surface area (Å²) in [6, 6.07) is 8.72. The van der Waals surface area contributed by atoms with E-state index in [0.29, 0.717) is 5.92 Å². The van der Waals surface area contributed by atoms with Crippen LogP contribution in [0.1, 0.15) is 48.4 Å². The lowest BCUT2D eigenvalue weighted by atomic mass is 9.91.